The Bertz CT molecular complexity index is 862. The lowest BCUT2D eigenvalue weighted by atomic mass is 10.0. The lowest BCUT2D eigenvalue weighted by Gasteiger charge is -2.10. The molecule has 0 radical (unpaired) electrons. The van der Waals surface area contributed by atoms with Gasteiger partial charge < -0.3 is 10.6 Å². The lowest BCUT2D eigenvalue weighted by Crippen LogP contribution is -2.03. The average molecular weight is 354 g/mol. The van der Waals surface area contributed by atoms with Crippen molar-refractivity contribution in [1.82, 2.24) is 15.2 Å². The molecule has 1 heterocycles. The summed E-state index contributed by atoms with van der Waals surface area (Å²) in [4.78, 5) is 4.46. The molecule has 6 heteroatoms. The maximum Gasteiger partial charge on any atom is 0.249 e. The standard InChI is InChI=1S/C19H20ClN5/c1-12(2)14-4-7-16(8-5-14)22-18-11-21-25-19(24-18)23-17-9-6-15(20)10-13(17)3/h4-12H,1-3H3,(H2,22,23,24,25). The fourth-order valence-electron chi connectivity index (χ4n) is 2.40. The minimum Gasteiger partial charge on any atom is -0.339 e. The Morgan fingerprint density at radius 2 is 1.76 bits per heavy atom. The number of aromatic nitrogens is 3. The van der Waals surface area contributed by atoms with Crippen LogP contribution in [0.5, 0.6) is 0 Å². The Labute approximate surface area is 152 Å². The second kappa shape index (κ2) is 7.49. The molecule has 0 atom stereocenters. The fraction of sp³-hybridized carbons (Fsp3) is 0.211. The van der Waals surface area contributed by atoms with E-state index in [0.29, 0.717) is 22.7 Å². The summed E-state index contributed by atoms with van der Waals surface area (Å²) in [5.41, 5.74) is 4.16. The number of benzene rings is 2. The van der Waals surface area contributed by atoms with E-state index in [0.717, 1.165) is 16.9 Å². The second-order valence-corrected chi connectivity index (χ2v) is 6.59. The third kappa shape index (κ3) is 4.45. The molecule has 3 aromatic rings. The van der Waals surface area contributed by atoms with Crippen LogP contribution in [0.2, 0.25) is 5.02 Å². The van der Waals surface area contributed by atoms with Gasteiger partial charge in [0.2, 0.25) is 5.95 Å². The first kappa shape index (κ1) is 17.2. The van der Waals surface area contributed by atoms with E-state index < -0.39 is 0 Å². The Balaban J connectivity index is 1.75. The van der Waals surface area contributed by atoms with Gasteiger partial charge in [0.1, 0.15) is 0 Å². The van der Waals surface area contributed by atoms with Crippen molar-refractivity contribution in [3.05, 3.63) is 64.8 Å². The minimum atomic E-state index is 0.425. The van der Waals surface area contributed by atoms with Crippen molar-refractivity contribution in [3.63, 3.8) is 0 Å². The molecule has 0 aliphatic carbocycles. The molecule has 0 aliphatic rings. The van der Waals surface area contributed by atoms with Gasteiger partial charge in [-0.15, -0.1) is 5.10 Å². The van der Waals surface area contributed by atoms with E-state index in [-0.39, 0.29) is 0 Å². The molecule has 0 saturated heterocycles. The van der Waals surface area contributed by atoms with Gasteiger partial charge in [-0.25, -0.2) is 0 Å². The smallest absolute Gasteiger partial charge is 0.249 e. The Hall–Kier alpha value is -2.66. The van der Waals surface area contributed by atoms with Gasteiger partial charge in [-0.3, -0.25) is 0 Å². The van der Waals surface area contributed by atoms with Crippen LogP contribution in [0.1, 0.15) is 30.9 Å². The molecule has 3 rings (SSSR count). The Morgan fingerprint density at radius 1 is 1.00 bits per heavy atom. The summed E-state index contributed by atoms with van der Waals surface area (Å²) in [5.74, 6) is 1.56. The van der Waals surface area contributed by atoms with E-state index >= 15 is 0 Å². The van der Waals surface area contributed by atoms with Crippen molar-refractivity contribution >= 4 is 34.7 Å². The summed E-state index contributed by atoms with van der Waals surface area (Å²) < 4.78 is 0. The van der Waals surface area contributed by atoms with Gasteiger partial charge >= 0.3 is 0 Å². The summed E-state index contributed by atoms with van der Waals surface area (Å²) in [6, 6.07) is 13.9. The summed E-state index contributed by atoms with van der Waals surface area (Å²) >= 11 is 5.98. The maximum atomic E-state index is 5.98. The molecule has 25 heavy (non-hydrogen) atoms. The molecule has 0 bridgehead atoms. The van der Waals surface area contributed by atoms with Crippen molar-refractivity contribution in [3.8, 4) is 0 Å². The molecule has 128 valence electrons. The van der Waals surface area contributed by atoms with E-state index in [9.17, 15) is 0 Å². The first-order valence-electron chi connectivity index (χ1n) is 8.11. The van der Waals surface area contributed by atoms with Crippen LogP contribution in [0.25, 0.3) is 0 Å². The average Bonchev–Trinajstić information content (AvgIpc) is 2.58. The highest BCUT2D eigenvalue weighted by molar-refractivity contribution is 6.30. The van der Waals surface area contributed by atoms with Crippen LogP contribution in [-0.4, -0.2) is 15.2 Å². The quantitative estimate of drug-likeness (QED) is 0.639. The molecule has 5 nitrogen and oxygen atoms in total. The van der Waals surface area contributed by atoms with E-state index in [1.54, 1.807) is 6.20 Å². The lowest BCUT2D eigenvalue weighted by molar-refractivity contribution is 0.867. The third-order valence-electron chi connectivity index (χ3n) is 3.84. The highest BCUT2D eigenvalue weighted by Gasteiger charge is 2.05. The largest absolute Gasteiger partial charge is 0.339 e. The predicted octanol–water partition coefficient (Wildman–Crippen LogP) is 5.44. The number of rotatable bonds is 5. The molecule has 0 amide bonds. The third-order valence-corrected chi connectivity index (χ3v) is 4.08. The Morgan fingerprint density at radius 3 is 2.44 bits per heavy atom. The van der Waals surface area contributed by atoms with Gasteiger partial charge in [-0.2, -0.15) is 10.1 Å². The number of hydrogen-bond acceptors (Lipinski definition) is 5. The van der Waals surface area contributed by atoms with Gasteiger partial charge in [-0.1, -0.05) is 37.6 Å². The van der Waals surface area contributed by atoms with Gasteiger partial charge in [0.25, 0.3) is 0 Å². The number of anilines is 4. The number of nitrogens with one attached hydrogen (secondary N) is 2. The Kier molecular flexibility index (Phi) is 5.14. The van der Waals surface area contributed by atoms with Crippen molar-refractivity contribution < 1.29 is 0 Å². The molecule has 2 N–H and O–H groups in total. The summed E-state index contributed by atoms with van der Waals surface area (Å²) in [6.07, 6.45) is 1.59. The van der Waals surface area contributed by atoms with E-state index in [1.165, 1.54) is 5.56 Å². The first-order valence-corrected chi connectivity index (χ1v) is 8.49. The van der Waals surface area contributed by atoms with E-state index in [4.69, 9.17) is 11.6 Å². The SMILES string of the molecule is Cc1cc(Cl)ccc1Nc1nncc(Nc2ccc(C(C)C)cc2)n1. The zero-order chi connectivity index (χ0) is 17.8. The summed E-state index contributed by atoms with van der Waals surface area (Å²) in [5, 5.41) is 15.1. The molecule has 0 saturated carbocycles. The van der Waals surface area contributed by atoms with Crippen molar-refractivity contribution in [1.29, 1.82) is 0 Å². The summed E-state index contributed by atoms with van der Waals surface area (Å²) in [7, 11) is 0. The highest BCUT2D eigenvalue weighted by Crippen LogP contribution is 2.23. The first-order chi connectivity index (χ1) is 12.0. The highest BCUT2D eigenvalue weighted by atomic mass is 35.5. The summed E-state index contributed by atoms with van der Waals surface area (Å²) in [6.45, 7) is 6.32. The van der Waals surface area contributed by atoms with Gasteiger partial charge in [0.05, 0.1) is 6.20 Å². The van der Waals surface area contributed by atoms with Crippen molar-refractivity contribution in [2.24, 2.45) is 0 Å². The molecule has 0 unspecified atom stereocenters. The molecular formula is C19H20ClN5. The predicted molar refractivity (Wildman–Crippen MR) is 103 cm³/mol. The van der Waals surface area contributed by atoms with Crippen LogP contribution in [-0.2, 0) is 0 Å². The number of halogens is 1. The second-order valence-electron chi connectivity index (χ2n) is 6.15. The normalized spacial score (nSPS) is 10.8. The zero-order valence-electron chi connectivity index (χ0n) is 14.4. The van der Waals surface area contributed by atoms with Crippen LogP contribution < -0.4 is 10.6 Å². The molecule has 0 aliphatic heterocycles. The van der Waals surface area contributed by atoms with Crippen LogP contribution >= 0.6 is 11.6 Å². The van der Waals surface area contributed by atoms with Gasteiger partial charge in [-0.05, 0) is 54.3 Å². The van der Waals surface area contributed by atoms with E-state index in [1.807, 2.05) is 37.3 Å². The van der Waals surface area contributed by atoms with Crippen LogP contribution in [0.4, 0.5) is 23.1 Å². The molecule has 0 spiro atoms. The fourth-order valence-corrected chi connectivity index (χ4v) is 2.63. The number of hydrogen-bond donors (Lipinski definition) is 2. The van der Waals surface area contributed by atoms with Crippen LogP contribution in [0, 0.1) is 6.92 Å². The van der Waals surface area contributed by atoms with Crippen molar-refractivity contribution in [2.75, 3.05) is 10.6 Å². The maximum absolute atomic E-state index is 5.98. The monoisotopic (exact) mass is 353 g/mol. The van der Waals surface area contributed by atoms with Gasteiger partial charge in [0, 0.05) is 16.4 Å². The van der Waals surface area contributed by atoms with Crippen molar-refractivity contribution in [2.45, 2.75) is 26.7 Å². The van der Waals surface area contributed by atoms with Gasteiger partial charge in [0.15, 0.2) is 5.82 Å². The molecular weight excluding hydrogens is 334 g/mol. The topological polar surface area (TPSA) is 62.7 Å². The number of nitrogens with zero attached hydrogens (tertiary/aromatic N) is 3. The minimum absolute atomic E-state index is 0.425. The molecule has 2 aromatic carbocycles. The van der Waals surface area contributed by atoms with Crippen LogP contribution in [0.3, 0.4) is 0 Å². The molecule has 1 aromatic heterocycles. The zero-order valence-corrected chi connectivity index (χ0v) is 15.2. The van der Waals surface area contributed by atoms with E-state index in [2.05, 4.69) is 51.8 Å². The van der Waals surface area contributed by atoms with Crippen LogP contribution in [0.15, 0.2) is 48.7 Å². The molecule has 0 fully saturated rings. The number of aryl methyl sites for hydroxylation is 1.